The van der Waals surface area contributed by atoms with Crippen LogP contribution in [0.3, 0.4) is 0 Å². The second kappa shape index (κ2) is 2.97. The Kier molecular flexibility index (Phi) is 2.05. The summed E-state index contributed by atoms with van der Waals surface area (Å²) in [4.78, 5) is 11.2. The van der Waals surface area contributed by atoms with Gasteiger partial charge in [-0.25, -0.2) is 0 Å². The van der Waals surface area contributed by atoms with Crippen LogP contribution in [0.5, 0.6) is 0 Å². The summed E-state index contributed by atoms with van der Waals surface area (Å²) in [5.74, 6) is 0.980. The van der Waals surface area contributed by atoms with Crippen LogP contribution >= 0.6 is 0 Å². The summed E-state index contributed by atoms with van der Waals surface area (Å²) in [5, 5.41) is 0. The first-order valence-electron chi connectivity index (χ1n) is 5.42. The highest BCUT2D eigenvalue weighted by molar-refractivity contribution is 5.93. The van der Waals surface area contributed by atoms with Crippen LogP contribution in [0.1, 0.15) is 46.0 Å². The maximum absolute atomic E-state index is 11.2. The number of rotatable bonds is 2. The molecular weight excluding hydrogens is 160 g/mol. The molecule has 0 N–H and O–H groups in total. The molecule has 1 atom stereocenters. The molecule has 2 rings (SSSR count). The van der Waals surface area contributed by atoms with Gasteiger partial charge in [0.05, 0.1) is 0 Å². The van der Waals surface area contributed by atoms with E-state index < -0.39 is 0 Å². The first-order chi connectivity index (χ1) is 6.19. The van der Waals surface area contributed by atoms with E-state index in [-0.39, 0.29) is 0 Å². The van der Waals surface area contributed by atoms with Gasteiger partial charge in [-0.1, -0.05) is 32.3 Å². The van der Waals surface area contributed by atoms with Gasteiger partial charge in [-0.05, 0) is 30.3 Å². The molecule has 0 radical (unpaired) electrons. The van der Waals surface area contributed by atoms with Gasteiger partial charge < -0.3 is 0 Å². The van der Waals surface area contributed by atoms with Crippen molar-refractivity contribution in [1.29, 1.82) is 0 Å². The van der Waals surface area contributed by atoms with Crippen molar-refractivity contribution < 1.29 is 4.79 Å². The monoisotopic (exact) mass is 178 g/mol. The standard InChI is InChI=1S/C12H18O/c1-3-12(4-2)7-9-5-11(13)6-10(9)8-12/h5,10H,3-4,6-8H2,1-2H3. The number of carbonyl (C=O) groups is 1. The van der Waals surface area contributed by atoms with E-state index in [0.717, 1.165) is 6.42 Å². The minimum absolute atomic E-state index is 0.362. The van der Waals surface area contributed by atoms with Crippen LogP contribution in [0, 0.1) is 11.3 Å². The average molecular weight is 178 g/mol. The Morgan fingerprint density at radius 1 is 1.46 bits per heavy atom. The quantitative estimate of drug-likeness (QED) is 0.635. The van der Waals surface area contributed by atoms with Crippen LogP contribution < -0.4 is 0 Å². The van der Waals surface area contributed by atoms with Gasteiger partial charge >= 0.3 is 0 Å². The minimum atomic E-state index is 0.362. The first kappa shape index (κ1) is 8.98. The number of hydrogen-bond acceptors (Lipinski definition) is 1. The molecule has 1 saturated carbocycles. The van der Waals surface area contributed by atoms with Crippen molar-refractivity contribution in [3.8, 4) is 0 Å². The third-order valence-electron chi connectivity index (χ3n) is 4.08. The van der Waals surface area contributed by atoms with Gasteiger partial charge in [0.25, 0.3) is 0 Å². The molecule has 0 bridgehead atoms. The smallest absolute Gasteiger partial charge is 0.156 e. The molecule has 72 valence electrons. The maximum atomic E-state index is 11.2. The van der Waals surface area contributed by atoms with Crippen molar-refractivity contribution in [2.45, 2.75) is 46.0 Å². The normalized spacial score (nSPS) is 30.5. The highest BCUT2D eigenvalue weighted by atomic mass is 16.1. The summed E-state index contributed by atoms with van der Waals surface area (Å²) in [6, 6.07) is 0. The Morgan fingerprint density at radius 2 is 2.15 bits per heavy atom. The number of ketones is 1. The lowest BCUT2D eigenvalue weighted by Crippen LogP contribution is -2.15. The van der Waals surface area contributed by atoms with Crippen molar-refractivity contribution in [2.24, 2.45) is 11.3 Å². The lowest BCUT2D eigenvalue weighted by molar-refractivity contribution is -0.114. The topological polar surface area (TPSA) is 17.1 Å². The van der Waals surface area contributed by atoms with E-state index in [4.69, 9.17) is 0 Å². The Labute approximate surface area is 80.2 Å². The van der Waals surface area contributed by atoms with Gasteiger partial charge in [0.1, 0.15) is 0 Å². The van der Waals surface area contributed by atoms with Crippen molar-refractivity contribution in [1.82, 2.24) is 0 Å². The van der Waals surface area contributed by atoms with E-state index in [2.05, 4.69) is 13.8 Å². The molecule has 13 heavy (non-hydrogen) atoms. The summed E-state index contributed by atoms with van der Waals surface area (Å²) >= 11 is 0. The van der Waals surface area contributed by atoms with Gasteiger partial charge in [0.2, 0.25) is 0 Å². The average Bonchev–Trinajstić information content (AvgIpc) is 2.59. The Hall–Kier alpha value is -0.590. The van der Waals surface area contributed by atoms with Crippen LogP contribution in [0.25, 0.3) is 0 Å². The highest BCUT2D eigenvalue weighted by Gasteiger charge is 2.42. The first-order valence-corrected chi connectivity index (χ1v) is 5.42. The van der Waals surface area contributed by atoms with Gasteiger partial charge in [-0.3, -0.25) is 4.79 Å². The molecule has 0 aliphatic heterocycles. The maximum Gasteiger partial charge on any atom is 0.156 e. The molecule has 1 unspecified atom stereocenters. The number of allylic oxidation sites excluding steroid dienone is 2. The predicted molar refractivity (Wildman–Crippen MR) is 53.4 cm³/mol. The molecule has 2 aliphatic rings. The molecular formula is C12H18O. The molecule has 0 aromatic rings. The Morgan fingerprint density at radius 3 is 2.69 bits per heavy atom. The van der Waals surface area contributed by atoms with E-state index >= 15 is 0 Å². The van der Waals surface area contributed by atoms with E-state index in [1.807, 2.05) is 6.08 Å². The highest BCUT2D eigenvalue weighted by Crippen LogP contribution is 2.52. The third-order valence-corrected chi connectivity index (χ3v) is 4.08. The number of hydrogen-bond donors (Lipinski definition) is 0. The van der Waals surface area contributed by atoms with Crippen LogP contribution in [0.2, 0.25) is 0 Å². The Balaban J connectivity index is 2.18. The molecule has 1 heteroatoms. The summed E-state index contributed by atoms with van der Waals surface area (Å²) in [6.45, 7) is 4.57. The second-order valence-electron chi connectivity index (χ2n) is 4.67. The summed E-state index contributed by atoms with van der Waals surface area (Å²) < 4.78 is 0. The van der Waals surface area contributed by atoms with Crippen LogP contribution in [-0.4, -0.2) is 5.78 Å². The zero-order valence-electron chi connectivity index (χ0n) is 8.60. The molecule has 0 aromatic heterocycles. The fourth-order valence-corrected chi connectivity index (χ4v) is 2.97. The van der Waals surface area contributed by atoms with Crippen LogP contribution in [0.15, 0.2) is 11.6 Å². The van der Waals surface area contributed by atoms with Crippen molar-refractivity contribution in [3.63, 3.8) is 0 Å². The zero-order valence-corrected chi connectivity index (χ0v) is 8.60. The molecule has 0 heterocycles. The van der Waals surface area contributed by atoms with E-state index in [0.29, 0.717) is 17.1 Å². The number of carbonyl (C=O) groups excluding carboxylic acids is 1. The summed E-state index contributed by atoms with van der Waals surface area (Å²) in [6.07, 6.45) is 7.71. The zero-order chi connectivity index (χ0) is 9.47. The largest absolute Gasteiger partial charge is 0.295 e. The number of fused-ring (bicyclic) bond motifs is 1. The van der Waals surface area contributed by atoms with E-state index in [9.17, 15) is 4.79 Å². The van der Waals surface area contributed by atoms with Gasteiger partial charge in [-0.15, -0.1) is 0 Å². The molecule has 2 aliphatic carbocycles. The third kappa shape index (κ3) is 1.34. The molecule has 0 aromatic carbocycles. The fourth-order valence-electron chi connectivity index (χ4n) is 2.97. The second-order valence-corrected chi connectivity index (χ2v) is 4.67. The van der Waals surface area contributed by atoms with Crippen LogP contribution in [-0.2, 0) is 4.79 Å². The lowest BCUT2D eigenvalue weighted by Gasteiger charge is -2.25. The van der Waals surface area contributed by atoms with Gasteiger partial charge in [-0.2, -0.15) is 0 Å². The SMILES string of the molecule is CCC1(CC)CC2=CC(=O)CC2C1. The van der Waals surface area contributed by atoms with Crippen molar-refractivity contribution >= 4 is 5.78 Å². The molecule has 1 fully saturated rings. The van der Waals surface area contributed by atoms with Crippen molar-refractivity contribution in [2.75, 3.05) is 0 Å². The van der Waals surface area contributed by atoms with Gasteiger partial charge in [0.15, 0.2) is 5.78 Å². The lowest BCUT2D eigenvalue weighted by atomic mass is 9.79. The Bertz CT molecular complexity index is 258. The van der Waals surface area contributed by atoms with Gasteiger partial charge in [0, 0.05) is 6.42 Å². The molecule has 0 saturated heterocycles. The van der Waals surface area contributed by atoms with E-state index in [1.165, 1.54) is 31.3 Å². The minimum Gasteiger partial charge on any atom is -0.295 e. The summed E-state index contributed by atoms with van der Waals surface area (Å²) in [7, 11) is 0. The summed E-state index contributed by atoms with van der Waals surface area (Å²) in [5.41, 5.74) is 1.99. The molecule has 1 nitrogen and oxygen atoms in total. The predicted octanol–water partition coefficient (Wildman–Crippen LogP) is 3.10. The fraction of sp³-hybridized carbons (Fsp3) is 0.750. The molecule has 0 amide bonds. The van der Waals surface area contributed by atoms with Crippen molar-refractivity contribution in [3.05, 3.63) is 11.6 Å². The van der Waals surface area contributed by atoms with Crippen LogP contribution in [0.4, 0.5) is 0 Å². The van der Waals surface area contributed by atoms with E-state index in [1.54, 1.807) is 0 Å². The molecule has 0 spiro atoms.